The summed E-state index contributed by atoms with van der Waals surface area (Å²) in [5.41, 5.74) is 15.5. The van der Waals surface area contributed by atoms with Crippen LogP contribution in [-0.2, 0) is 0 Å². The van der Waals surface area contributed by atoms with E-state index in [1.165, 1.54) is 60.0 Å². The van der Waals surface area contributed by atoms with E-state index in [1.54, 1.807) is 0 Å². The standard InChI is InChI=1S/C62H40N2O/c1-2-18-51-43(13-1)27-28-44-14-12-25-59(62(44)51)64(56-22-7-3-17-50(56)47-33-38-55-54-21-6-10-26-60(54)65-61(55)40-47)49-36-31-42(32-37-49)46-16-11-15-45(39-46)41-29-34-48(35-30-41)63-57-23-8-4-19-52(57)53-20-5-9-24-58(53)63/h1-40H. The van der Waals surface area contributed by atoms with Crippen LogP contribution in [0.4, 0.5) is 17.1 Å². The molecule has 13 aromatic rings. The zero-order valence-corrected chi connectivity index (χ0v) is 35.4. The summed E-state index contributed by atoms with van der Waals surface area (Å²) < 4.78 is 8.78. The number of fused-ring (bicyclic) bond motifs is 9. The highest BCUT2D eigenvalue weighted by Crippen LogP contribution is 2.46. The lowest BCUT2D eigenvalue weighted by Crippen LogP contribution is -2.12. The van der Waals surface area contributed by atoms with Gasteiger partial charge in [0.05, 0.1) is 22.4 Å². The molecule has 11 aromatic carbocycles. The first kappa shape index (κ1) is 36.9. The molecule has 0 bridgehead atoms. The maximum absolute atomic E-state index is 6.42. The highest BCUT2D eigenvalue weighted by molar-refractivity contribution is 6.16. The van der Waals surface area contributed by atoms with Crippen LogP contribution in [0.3, 0.4) is 0 Å². The maximum atomic E-state index is 6.42. The summed E-state index contributed by atoms with van der Waals surface area (Å²) in [4.78, 5) is 2.44. The number of hydrogen-bond donors (Lipinski definition) is 0. The summed E-state index contributed by atoms with van der Waals surface area (Å²) in [6.45, 7) is 0. The van der Waals surface area contributed by atoms with E-state index in [2.05, 4.69) is 240 Å². The molecule has 0 aliphatic carbocycles. The second-order valence-electron chi connectivity index (χ2n) is 16.9. The van der Waals surface area contributed by atoms with Crippen molar-refractivity contribution in [2.75, 3.05) is 4.90 Å². The summed E-state index contributed by atoms with van der Waals surface area (Å²) in [6, 6.07) is 87.8. The van der Waals surface area contributed by atoms with Crippen molar-refractivity contribution in [2.24, 2.45) is 0 Å². The van der Waals surface area contributed by atoms with E-state index >= 15 is 0 Å². The van der Waals surface area contributed by atoms with Gasteiger partial charge in [-0.15, -0.1) is 0 Å². The van der Waals surface area contributed by atoms with Crippen LogP contribution in [0.15, 0.2) is 247 Å². The van der Waals surface area contributed by atoms with Gasteiger partial charge in [0, 0.05) is 43.9 Å². The molecule has 2 aromatic heterocycles. The number of aromatic nitrogens is 1. The average Bonchev–Trinajstić information content (AvgIpc) is 3.92. The predicted octanol–water partition coefficient (Wildman–Crippen LogP) is 17.5. The molecule has 0 spiro atoms. The number of anilines is 3. The summed E-state index contributed by atoms with van der Waals surface area (Å²) >= 11 is 0. The minimum absolute atomic E-state index is 0.881. The highest BCUT2D eigenvalue weighted by Gasteiger charge is 2.21. The third-order valence-corrected chi connectivity index (χ3v) is 13.2. The average molecular weight is 829 g/mol. The molecular formula is C62H40N2O. The molecule has 3 heteroatoms. The van der Waals surface area contributed by atoms with Gasteiger partial charge in [0.25, 0.3) is 0 Å². The van der Waals surface area contributed by atoms with Gasteiger partial charge >= 0.3 is 0 Å². The molecule has 13 rings (SSSR count). The van der Waals surface area contributed by atoms with Gasteiger partial charge in [-0.05, 0) is 117 Å². The Morgan fingerprint density at radius 2 is 0.877 bits per heavy atom. The SMILES string of the molecule is c1cc(-c2ccc(N(c3ccccc3-c3ccc4c(c3)oc3ccccc34)c3cccc4ccc5ccccc5c34)cc2)cc(-c2ccc(-n3c4ccccc4c4ccccc43)cc2)c1. The molecule has 0 radical (unpaired) electrons. The van der Waals surface area contributed by atoms with Crippen LogP contribution in [0.25, 0.3) is 104 Å². The fraction of sp³-hybridized carbons (Fsp3) is 0. The summed E-state index contributed by atoms with van der Waals surface area (Å²) in [5, 5.41) is 9.64. The Labute approximate surface area is 376 Å². The van der Waals surface area contributed by atoms with Gasteiger partial charge < -0.3 is 13.9 Å². The van der Waals surface area contributed by atoms with Crippen molar-refractivity contribution < 1.29 is 4.42 Å². The number of para-hydroxylation sites is 4. The molecule has 2 heterocycles. The molecule has 0 saturated heterocycles. The highest BCUT2D eigenvalue weighted by atomic mass is 16.3. The number of benzene rings is 11. The molecule has 0 saturated carbocycles. The topological polar surface area (TPSA) is 21.3 Å². The van der Waals surface area contributed by atoms with E-state index in [4.69, 9.17) is 4.42 Å². The Balaban J connectivity index is 0.906. The van der Waals surface area contributed by atoms with Crippen molar-refractivity contribution in [3.05, 3.63) is 243 Å². The van der Waals surface area contributed by atoms with Crippen LogP contribution in [0, 0.1) is 0 Å². The summed E-state index contributed by atoms with van der Waals surface area (Å²) in [6.07, 6.45) is 0. The molecule has 304 valence electrons. The number of furan rings is 1. The van der Waals surface area contributed by atoms with Crippen molar-refractivity contribution in [3.8, 4) is 39.1 Å². The fourth-order valence-corrected chi connectivity index (χ4v) is 10.1. The first-order chi connectivity index (χ1) is 32.2. The molecule has 0 aliphatic rings. The van der Waals surface area contributed by atoms with Gasteiger partial charge in [0.15, 0.2) is 0 Å². The molecule has 0 unspecified atom stereocenters. The minimum atomic E-state index is 0.881. The van der Waals surface area contributed by atoms with Gasteiger partial charge in [-0.2, -0.15) is 0 Å². The molecule has 0 aliphatic heterocycles. The van der Waals surface area contributed by atoms with Crippen LogP contribution < -0.4 is 4.90 Å². The minimum Gasteiger partial charge on any atom is -0.456 e. The molecule has 3 nitrogen and oxygen atoms in total. The quantitative estimate of drug-likeness (QED) is 0.149. The molecule has 65 heavy (non-hydrogen) atoms. The first-order valence-electron chi connectivity index (χ1n) is 22.2. The van der Waals surface area contributed by atoms with E-state index in [1.807, 2.05) is 12.1 Å². The number of hydrogen-bond acceptors (Lipinski definition) is 2. The first-order valence-corrected chi connectivity index (χ1v) is 22.2. The molecule has 0 atom stereocenters. The van der Waals surface area contributed by atoms with Crippen LogP contribution in [0.5, 0.6) is 0 Å². The lowest BCUT2D eigenvalue weighted by Gasteiger charge is -2.29. The summed E-state index contributed by atoms with van der Waals surface area (Å²) in [7, 11) is 0. The van der Waals surface area contributed by atoms with Gasteiger partial charge in [0.1, 0.15) is 11.2 Å². The molecule has 0 N–H and O–H groups in total. The van der Waals surface area contributed by atoms with E-state index in [-0.39, 0.29) is 0 Å². The van der Waals surface area contributed by atoms with Gasteiger partial charge in [0.2, 0.25) is 0 Å². The van der Waals surface area contributed by atoms with E-state index in [0.29, 0.717) is 0 Å². The summed E-state index contributed by atoms with van der Waals surface area (Å²) in [5.74, 6) is 0. The molecule has 0 fully saturated rings. The molecular weight excluding hydrogens is 789 g/mol. The number of nitrogens with zero attached hydrogens (tertiary/aromatic N) is 2. The van der Waals surface area contributed by atoms with Crippen LogP contribution in [-0.4, -0.2) is 4.57 Å². The normalized spacial score (nSPS) is 11.7. The second-order valence-corrected chi connectivity index (χ2v) is 16.9. The smallest absolute Gasteiger partial charge is 0.136 e. The Morgan fingerprint density at radius 3 is 1.65 bits per heavy atom. The predicted molar refractivity (Wildman–Crippen MR) is 274 cm³/mol. The number of rotatable bonds is 7. The van der Waals surface area contributed by atoms with Crippen molar-refractivity contribution in [3.63, 3.8) is 0 Å². The van der Waals surface area contributed by atoms with Gasteiger partial charge in [-0.1, -0.05) is 170 Å². The van der Waals surface area contributed by atoms with Crippen LogP contribution in [0.2, 0.25) is 0 Å². The van der Waals surface area contributed by atoms with E-state index < -0.39 is 0 Å². The molecule has 0 amide bonds. The van der Waals surface area contributed by atoms with Crippen molar-refractivity contribution in [1.29, 1.82) is 0 Å². The zero-order chi connectivity index (χ0) is 42.8. The third kappa shape index (κ3) is 6.12. The Hall–Kier alpha value is -8.66. The zero-order valence-electron chi connectivity index (χ0n) is 35.4. The van der Waals surface area contributed by atoms with Crippen molar-refractivity contribution in [1.82, 2.24) is 4.57 Å². The van der Waals surface area contributed by atoms with Crippen LogP contribution in [0.1, 0.15) is 0 Å². The monoisotopic (exact) mass is 828 g/mol. The van der Waals surface area contributed by atoms with Gasteiger partial charge in [-0.25, -0.2) is 0 Å². The maximum Gasteiger partial charge on any atom is 0.136 e. The Morgan fingerprint density at radius 1 is 0.323 bits per heavy atom. The van der Waals surface area contributed by atoms with Crippen molar-refractivity contribution in [2.45, 2.75) is 0 Å². The van der Waals surface area contributed by atoms with E-state index in [0.717, 1.165) is 61.4 Å². The van der Waals surface area contributed by atoms with E-state index in [9.17, 15) is 0 Å². The van der Waals surface area contributed by atoms with Crippen molar-refractivity contribution >= 4 is 82.4 Å². The lowest BCUT2D eigenvalue weighted by molar-refractivity contribution is 0.669. The lowest BCUT2D eigenvalue weighted by atomic mass is 9.96. The Kier molecular flexibility index (Phi) is 8.53. The van der Waals surface area contributed by atoms with Crippen LogP contribution >= 0.6 is 0 Å². The Bertz CT molecular complexity index is 3900. The van der Waals surface area contributed by atoms with Gasteiger partial charge in [-0.3, -0.25) is 0 Å². The second kappa shape index (κ2) is 15.0. The largest absolute Gasteiger partial charge is 0.456 e. The fourth-order valence-electron chi connectivity index (χ4n) is 10.1. The third-order valence-electron chi connectivity index (χ3n) is 13.2.